The summed E-state index contributed by atoms with van der Waals surface area (Å²) in [7, 11) is 0. The van der Waals surface area contributed by atoms with Crippen molar-refractivity contribution in [3.05, 3.63) is 48.6 Å². The number of allylic oxidation sites excluding steroid dienone is 8. The van der Waals surface area contributed by atoms with Crippen molar-refractivity contribution < 1.29 is 19.4 Å². The monoisotopic (exact) mass is 629 g/mol. The Bertz CT molecular complexity index is 763. The van der Waals surface area contributed by atoms with Crippen LogP contribution in [0.5, 0.6) is 0 Å². The Kier molecular flexibility index (Phi) is 34.7. The fourth-order valence-corrected chi connectivity index (χ4v) is 5.45. The summed E-state index contributed by atoms with van der Waals surface area (Å²) < 4.78 is 5.89. The maximum absolute atomic E-state index is 12.5. The van der Waals surface area contributed by atoms with Gasteiger partial charge in [0.2, 0.25) is 0 Å². The highest BCUT2D eigenvalue weighted by atomic mass is 16.5. The van der Waals surface area contributed by atoms with E-state index in [9.17, 15) is 9.59 Å². The molecular weight excluding hydrogens is 556 g/mol. The second-order valence-electron chi connectivity index (χ2n) is 12.8. The van der Waals surface area contributed by atoms with E-state index in [2.05, 4.69) is 62.5 Å². The van der Waals surface area contributed by atoms with Gasteiger partial charge in [0.1, 0.15) is 6.10 Å². The predicted molar refractivity (Wildman–Crippen MR) is 195 cm³/mol. The average Bonchev–Trinajstić information content (AvgIpc) is 3.02. The smallest absolute Gasteiger partial charge is 0.306 e. The quantitative estimate of drug-likeness (QED) is 0.0437. The highest BCUT2D eigenvalue weighted by Gasteiger charge is 2.13. The van der Waals surface area contributed by atoms with E-state index in [1.54, 1.807) is 0 Å². The number of rotatable bonds is 34. The van der Waals surface area contributed by atoms with Crippen molar-refractivity contribution in [2.24, 2.45) is 0 Å². The summed E-state index contributed by atoms with van der Waals surface area (Å²) in [6, 6.07) is 0. The number of ether oxygens (including phenoxy) is 1. The van der Waals surface area contributed by atoms with E-state index in [4.69, 9.17) is 9.84 Å². The van der Waals surface area contributed by atoms with E-state index < -0.39 is 5.97 Å². The van der Waals surface area contributed by atoms with Crippen LogP contribution >= 0.6 is 0 Å². The molecule has 0 heterocycles. The van der Waals surface area contributed by atoms with Crippen molar-refractivity contribution >= 4 is 11.9 Å². The van der Waals surface area contributed by atoms with Crippen LogP contribution in [0.1, 0.15) is 194 Å². The zero-order valence-electron chi connectivity index (χ0n) is 29.7. The number of esters is 1. The molecule has 260 valence electrons. The molecule has 45 heavy (non-hydrogen) atoms. The Balaban J connectivity index is 3.71. The van der Waals surface area contributed by atoms with Gasteiger partial charge in [-0.1, -0.05) is 152 Å². The lowest BCUT2D eigenvalue weighted by Gasteiger charge is -2.18. The summed E-state index contributed by atoms with van der Waals surface area (Å²) in [6.07, 6.45) is 48.8. The van der Waals surface area contributed by atoms with Crippen LogP contribution in [0.3, 0.4) is 0 Å². The molecule has 0 aliphatic heterocycles. The molecule has 1 N–H and O–H groups in total. The SMILES string of the molecule is CCCCC/C=C\C/C=C\C/C=C\C/C=C\CCCCCCCC(=O)OC(CCCC)CCCCCCCCCCCC(=O)O. The zero-order chi connectivity index (χ0) is 32.9. The van der Waals surface area contributed by atoms with Crippen LogP contribution in [0.2, 0.25) is 0 Å². The molecule has 0 rings (SSSR count). The van der Waals surface area contributed by atoms with E-state index >= 15 is 0 Å². The highest BCUT2D eigenvalue weighted by molar-refractivity contribution is 5.69. The molecule has 1 unspecified atom stereocenters. The molecule has 0 aliphatic rings. The van der Waals surface area contributed by atoms with Crippen molar-refractivity contribution in [2.75, 3.05) is 0 Å². The first-order chi connectivity index (χ1) is 22.1. The van der Waals surface area contributed by atoms with Crippen molar-refractivity contribution in [3.63, 3.8) is 0 Å². The molecular formula is C41H72O4. The van der Waals surface area contributed by atoms with Crippen LogP contribution in [0.15, 0.2) is 48.6 Å². The third-order valence-corrected chi connectivity index (χ3v) is 8.30. The lowest BCUT2D eigenvalue weighted by molar-refractivity contribution is -0.150. The maximum atomic E-state index is 12.5. The van der Waals surface area contributed by atoms with Gasteiger partial charge < -0.3 is 9.84 Å². The number of carbonyl (C=O) groups excluding carboxylic acids is 1. The fourth-order valence-electron chi connectivity index (χ4n) is 5.45. The normalized spacial score (nSPS) is 12.8. The first kappa shape index (κ1) is 42.9. The van der Waals surface area contributed by atoms with E-state index in [-0.39, 0.29) is 12.1 Å². The summed E-state index contributed by atoms with van der Waals surface area (Å²) in [4.78, 5) is 23.0. The van der Waals surface area contributed by atoms with Crippen LogP contribution in [-0.4, -0.2) is 23.1 Å². The molecule has 0 saturated carbocycles. The number of hydrogen-bond donors (Lipinski definition) is 1. The molecule has 0 aromatic rings. The Morgan fingerprint density at radius 2 is 0.889 bits per heavy atom. The number of carboxylic acids is 1. The van der Waals surface area contributed by atoms with E-state index in [1.165, 1.54) is 77.0 Å². The van der Waals surface area contributed by atoms with Crippen LogP contribution in [0.4, 0.5) is 0 Å². The van der Waals surface area contributed by atoms with Crippen molar-refractivity contribution in [1.29, 1.82) is 0 Å². The maximum Gasteiger partial charge on any atom is 0.306 e. The summed E-state index contributed by atoms with van der Waals surface area (Å²) in [5.74, 6) is -0.682. The number of unbranched alkanes of at least 4 members (excludes halogenated alkanes) is 17. The van der Waals surface area contributed by atoms with Gasteiger partial charge in [0, 0.05) is 12.8 Å². The standard InChI is InChI=1S/C41H72O4/c1-3-5-7-8-9-10-11-12-13-14-15-16-17-18-19-20-21-25-28-31-34-38-41(44)45-39(35-6-4-2)36-32-29-26-23-22-24-27-30-33-37-40(42)43/h9-10,12-13,15-16,18-19,39H,3-8,11,14,17,20-38H2,1-2H3,(H,42,43)/b10-9-,13-12-,16-15-,19-18-. The molecule has 0 spiro atoms. The fraction of sp³-hybridized carbons (Fsp3) is 0.756. The summed E-state index contributed by atoms with van der Waals surface area (Å²) >= 11 is 0. The second-order valence-corrected chi connectivity index (χ2v) is 12.8. The molecule has 0 bridgehead atoms. The number of carboxylic acid groups (broad SMARTS) is 1. The highest BCUT2D eigenvalue weighted by Crippen LogP contribution is 2.17. The Labute approximate surface area is 279 Å². The number of aliphatic carboxylic acids is 1. The van der Waals surface area contributed by atoms with Crippen LogP contribution in [-0.2, 0) is 14.3 Å². The summed E-state index contributed by atoms with van der Waals surface area (Å²) in [5.41, 5.74) is 0. The van der Waals surface area contributed by atoms with Gasteiger partial charge in [-0.15, -0.1) is 0 Å². The minimum absolute atomic E-state index is 0.000113. The van der Waals surface area contributed by atoms with Gasteiger partial charge in [0.05, 0.1) is 0 Å². The van der Waals surface area contributed by atoms with Gasteiger partial charge in [-0.25, -0.2) is 0 Å². The Hall–Kier alpha value is -2.10. The third kappa shape index (κ3) is 36.2. The van der Waals surface area contributed by atoms with Gasteiger partial charge in [-0.05, 0) is 77.0 Å². The lowest BCUT2D eigenvalue weighted by Crippen LogP contribution is -2.18. The Morgan fingerprint density at radius 3 is 1.40 bits per heavy atom. The first-order valence-electron chi connectivity index (χ1n) is 19.1. The molecule has 0 aliphatic carbocycles. The van der Waals surface area contributed by atoms with Crippen LogP contribution < -0.4 is 0 Å². The molecule has 0 fully saturated rings. The predicted octanol–water partition coefficient (Wildman–Crippen LogP) is 13.2. The van der Waals surface area contributed by atoms with Crippen molar-refractivity contribution in [1.82, 2.24) is 0 Å². The molecule has 0 aromatic heterocycles. The van der Waals surface area contributed by atoms with E-state index in [1.807, 2.05) is 0 Å². The molecule has 0 amide bonds. The van der Waals surface area contributed by atoms with Crippen LogP contribution in [0.25, 0.3) is 0 Å². The lowest BCUT2D eigenvalue weighted by atomic mass is 10.0. The summed E-state index contributed by atoms with van der Waals surface area (Å²) in [6.45, 7) is 4.45. The topological polar surface area (TPSA) is 63.6 Å². The van der Waals surface area contributed by atoms with Gasteiger partial charge in [0.15, 0.2) is 0 Å². The third-order valence-electron chi connectivity index (χ3n) is 8.30. The van der Waals surface area contributed by atoms with Gasteiger partial charge in [-0.3, -0.25) is 9.59 Å². The molecule has 0 radical (unpaired) electrons. The molecule has 0 saturated heterocycles. The largest absolute Gasteiger partial charge is 0.481 e. The second kappa shape index (κ2) is 36.4. The first-order valence-corrected chi connectivity index (χ1v) is 19.1. The molecule has 0 aromatic carbocycles. The van der Waals surface area contributed by atoms with Gasteiger partial charge in [-0.2, -0.15) is 0 Å². The van der Waals surface area contributed by atoms with Gasteiger partial charge >= 0.3 is 11.9 Å². The number of carbonyl (C=O) groups is 2. The minimum Gasteiger partial charge on any atom is -0.481 e. The van der Waals surface area contributed by atoms with Gasteiger partial charge in [0.25, 0.3) is 0 Å². The van der Waals surface area contributed by atoms with Crippen molar-refractivity contribution in [3.8, 4) is 0 Å². The van der Waals surface area contributed by atoms with E-state index in [0.717, 1.165) is 89.9 Å². The summed E-state index contributed by atoms with van der Waals surface area (Å²) in [5, 5.41) is 8.68. The average molecular weight is 629 g/mol. The van der Waals surface area contributed by atoms with Crippen LogP contribution in [0, 0.1) is 0 Å². The minimum atomic E-state index is -0.682. The molecule has 4 heteroatoms. The molecule has 4 nitrogen and oxygen atoms in total. The Morgan fingerprint density at radius 1 is 0.489 bits per heavy atom. The molecule has 1 atom stereocenters. The van der Waals surface area contributed by atoms with Crippen molar-refractivity contribution in [2.45, 2.75) is 200 Å². The van der Waals surface area contributed by atoms with E-state index in [0.29, 0.717) is 12.8 Å². The zero-order valence-corrected chi connectivity index (χ0v) is 29.7. The number of hydrogen-bond acceptors (Lipinski definition) is 3.